The third-order valence-corrected chi connectivity index (χ3v) is 0.867. The van der Waals surface area contributed by atoms with Crippen molar-refractivity contribution in [2.45, 2.75) is 0 Å². The maximum absolute atomic E-state index is 4.73. The average molecular weight is 110 g/mol. The Labute approximate surface area is 48.5 Å². The average Bonchev–Trinajstić information content (AvgIpc) is 2.19. The summed E-state index contributed by atoms with van der Waals surface area (Å²) >= 11 is 0. The van der Waals surface area contributed by atoms with Gasteiger partial charge < -0.3 is 9.72 Å². The molecular formula is C6H8NO. The molecule has 0 amide bonds. The van der Waals surface area contributed by atoms with Gasteiger partial charge in [0.25, 0.3) is 0 Å². The fourth-order valence-corrected chi connectivity index (χ4v) is 0.545. The highest BCUT2D eigenvalue weighted by Gasteiger charge is 1.87. The Balaban J connectivity index is 2.50. The van der Waals surface area contributed by atoms with Gasteiger partial charge in [0.2, 0.25) is 0 Å². The van der Waals surface area contributed by atoms with E-state index in [1.807, 2.05) is 18.3 Å². The summed E-state index contributed by atoms with van der Waals surface area (Å²) in [6.07, 6.45) is 1.85. The molecule has 0 saturated carbocycles. The Hall–Kier alpha value is -0.760. The van der Waals surface area contributed by atoms with Crippen LogP contribution < -0.4 is 0 Å². The zero-order valence-electron chi connectivity index (χ0n) is 4.72. The molecule has 0 spiro atoms. The molecule has 0 bridgehead atoms. The Morgan fingerprint density at radius 1 is 1.75 bits per heavy atom. The van der Waals surface area contributed by atoms with E-state index in [2.05, 4.69) is 4.98 Å². The highest BCUT2D eigenvalue weighted by molar-refractivity contribution is 5.09. The van der Waals surface area contributed by atoms with Gasteiger partial charge in [-0.25, -0.2) is 0 Å². The van der Waals surface area contributed by atoms with E-state index in [0.29, 0.717) is 0 Å². The molecule has 1 radical (unpaired) electrons. The minimum absolute atomic E-state index is 0.993. The molecule has 0 aliphatic carbocycles. The monoisotopic (exact) mass is 110 g/mol. The van der Waals surface area contributed by atoms with E-state index >= 15 is 0 Å². The van der Waals surface area contributed by atoms with E-state index in [1.165, 1.54) is 0 Å². The predicted octanol–water partition coefficient (Wildman–Crippen LogP) is 1.17. The van der Waals surface area contributed by atoms with Crippen molar-refractivity contribution in [2.24, 2.45) is 0 Å². The highest BCUT2D eigenvalue weighted by Crippen LogP contribution is 1.96. The molecule has 0 atom stereocenters. The molecule has 0 aromatic carbocycles. The van der Waals surface area contributed by atoms with Crippen molar-refractivity contribution < 1.29 is 4.74 Å². The van der Waals surface area contributed by atoms with Crippen molar-refractivity contribution in [1.82, 2.24) is 4.98 Å². The Bertz CT molecular complexity index is 134. The number of ether oxygens (including phenoxy) is 1. The summed E-state index contributed by atoms with van der Waals surface area (Å²) in [5, 5.41) is 0. The number of methoxy groups -OCH3 is 1. The molecule has 1 aromatic rings. The molecule has 0 fully saturated rings. The third-order valence-electron chi connectivity index (χ3n) is 0.867. The molecule has 1 aromatic heterocycles. The first-order valence-corrected chi connectivity index (χ1v) is 2.43. The summed E-state index contributed by atoms with van der Waals surface area (Å²) in [7, 11) is 1.63. The number of aromatic nitrogens is 1. The van der Waals surface area contributed by atoms with Crippen LogP contribution in [0.5, 0.6) is 0 Å². The minimum atomic E-state index is 0.993. The van der Waals surface area contributed by atoms with Crippen LogP contribution in [0.2, 0.25) is 0 Å². The zero-order valence-corrected chi connectivity index (χ0v) is 4.72. The summed E-state index contributed by atoms with van der Waals surface area (Å²) < 4.78 is 4.73. The van der Waals surface area contributed by atoms with Crippen LogP contribution in [-0.4, -0.2) is 12.1 Å². The topological polar surface area (TPSA) is 25.0 Å². The number of aromatic amines is 1. The van der Waals surface area contributed by atoms with Crippen LogP contribution >= 0.6 is 0 Å². The normalized spacial score (nSPS) is 9.62. The van der Waals surface area contributed by atoms with Crippen LogP contribution in [0.4, 0.5) is 0 Å². The molecule has 2 nitrogen and oxygen atoms in total. The van der Waals surface area contributed by atoms with Gasteiger partial charge in [-0.3, -0.25) is 0 Å². The number of hydrogen-bond acceptors (Lipinski definition) is 1. The van der Waals surface area contributed by atoms with Crippen molar-refractivity contribution in [3.8, 4) is 0 Å². The summed E-state index contributed by atoms with van der Waals surface area (Å²) in [4.78, 5) is 2.96. The summed E-state index contributed by atoms with van der Waals surface area (Å²) in [5.74, 6) is 0. The van der Waals surface area contributed by atoms with Gasteiger partial charge in [0.15, 0.2) is 0 Å². The van der Waals surface area contributed by atoms with Crippen LogP contribution in [0, 0.1) is 6.61 Å². The van der Waals surface area contributed by atoms with Crippen molar-refractivity contribution in [1.29, 1.82) is 0 Å². The van der Waals surface area contributed by atoms with E-state index in [0.717, 1.165) is 5.69 Å². The van der Waals surface area contributed by atoms with E-state index in [1.54, 1.807) is 13.7 Å². The SMILES string of the molecule is CO[CH]c1ccc[nH]1. The first-order chi connectivity index (χ1) is 3.93. The second-order valence-corrected chi connectivity index (χ2v) is 1.48. The second kappa shape index (κ2) is 2.52. The van der Waals surface area contributed by atoms with E-state index in [4.69, 9.17) is 4.74 Å². The number of nitrogens with one attached hydrogen (secondary N) is 1. The van der Waals surface area contributed by atoms with Gasteiger partial charge in [-0.1, -0.05) is 0 Å². The van der Waals surface area contributed by atoms with Gasteiger partial charge in [0, 0.05) is 19.0 Å². The van der Waals surface area contributed by atoms with E-state index in [-0.39, 0.29) is 0 Å². The van der Waals surface area contributed by atoms with Gasteiger partial charge in [-0.2, -0.15) is 0 Å². The fourth-order valence-electron chi connectivity index (χ4n) is 0.545. The van der Waals surface area contributed by atoms with E-state index < -0.39 is 0 Å². The molecule has 2 heteroatoms. The van der Waals surface area contributed by atoms with Crippen LogP contribution in [0.25, 0.3) is 0 Å². The van der Waals surface area contributed by atoms with Crippen LogP contribution in [0.15, 0.2) is 18.3 Å². The van der Waals surface area contributed by atoms with E-state index in [9.17, 15) is 0 Å². The largest absolute Gasteiger partial charge is 0.372 e. The molecule has 0 aliphatic heterocycles. The summed E-state index contributed by atoms with van der Waals surface area (Å²) in [6.45, 7) is 1.65. The molecular weight excluding hydrogens is 102 g/mol. The molecule has 8 heavy (non-hydrogen) atoms. The predicted molar refractivity (Wildman–Crippen MR) is 31.2 cm³/mol. The van der Waals surface area contributed by atoms with Gasteiger partial charge >= 0.3 is 0 Å². The van der Waals surface area contributed by atoms with Crippen molar-refractivity contribution in [2.75, 3.05) is 7.11 Å². The van der Waals surface area contributed by atoms with Gasteiger partial charge in [-0.15, -0.1) is 0 Å². The molecule has 0 unspecified atom stereocenters. The standard InChI is InChI=1S/C6H8NO/c1-8-5-6-3-2-4-7-6/h2-5,7H,1H3. The smallest absolute Gasteiger partial charge is 0.128 e. The number of H-pyrrole nitrogens is 1. The van der Waals surface area contributed by atoms with Crippen molar-refractivity contribution >= 4 is 0 Å². The third kappa shape index (κ3) is 1.10. The lowest BCUT2D eigenvalue weighted by atomic mass is 10.5. The minimum Gasteiger partial charge on any atom is -0.372 e. The molecule has 1 rings (SSSR count). The van der Waals surface area contributed by atoms with Crippen LogP contribution in [0.1, 0.15) is 5.69 Å². The van der Waals surface area contributed by atoms with Crippen molar-refractivity contribution in [3.05, 3.63) is 30.6 Å². The Kier molecular flexibility index (Phi) is 1.70. The number of hydrogen-bond donors (Lipinski definition) is 1. The molecule has 0 aliphatic rings. The molecule has 1 N–H and O–H groups in total. The first kappa shape index (κ1) is 5.38. The van der Waals surface area contributed by atoms with Gasteiger partial charge in [0.05, 0.1) is 0 Å². The molecule has 43 valence electrons. The number of rotatable bonds is 2. The fraction of sp³-hybridized carbons (Fsp3) is 0.167. The lowest BCUT2D eigenvalue weighted by Gasteiger charge is -1.89. The zero-order chi connectivity index (χ0) is 5.82. The Morgan fingerprint density at radius 2 is 2.62 bits per heavy atom. The van der Waals surface area contributed by atoms with Crippen LogP contribution in [-0.2, 0) is 4.74 Å². The van der Waals surface area contributed by atoms with Crippen molar-refractivity contribution in [3.63, 3.8) is 0 Å². The molecule has 1 heterocycles. The maximum Gasteiger partial charge on any atom is 0.128 e. The quantitative estimate of drug-likeness (QED) is 0.607. The van der Waals surface area contributed by atoms with Crippen LogP contribution in [0.3, 0.4) is 0 Å². The van der Waals surface area contributed by atoms with Gasteiger partial charge in [0.1, 0.15) is 6.61 Å². The Morgan fingerprint density at radius 3 is 3.12 bits per heavy atom. The summed E-state index contributed by atoms with van der Waals surface area (Å²) in [5.41, 5.74) is 0.993. The van der Waals surface area contributed by atoms with Gasteiger partial charge in [-0.05, 0) is 12.1 Å². The molecule has 0 saturated heterocycles. The lowest BCUT2D eigenvalue weighted by molar-refractivity contribution is 0.290. The first-order valence-electron chi connectivity index (χ1n) is 2.43. The maximum atomic E-state index is 4.73. The lowest BCUT2D eigenvalue weighted by Crippen LogP contribution is -1.80. The second-order valence-electron chi connectivity index (χ2n) is 1.48. The highest BCUT2D eigenvalue weighted by atomic mass is 16.5. The summed E-state index contributed by atoms with van der Waals surface area (Å²) in [6, 6.07) is 3.86.